The van der Waals surface area contributed by atoms with Crippen molar-refractivity contribution >= 4 is 29.0 Å². The minimum atomic E-state index is -0.166. The van der Waals surface area contributed by atoms with E-state index < -0.39 is 0 Å². The Morgan fingerprint density at radius 1 is 1.32 bits per heavy atom. The Labute approximate surface area is 175 Å². The number of thioether (sulfide) groups is 1. The van der Waals surface area contributed by atoms with E-state index in [2.05, 4.69) is 51.4 Å². The van der Waals surface area contributed by atoms with Gasteiger partial charge in [0.2, 0.25) is 5.91 Å². The number of hydrogen-bond acceptors (Lipinski definition) is 5. The van der Waals surface area contributed by atoms with E-state index in [1.165, 1.54) is 30.6 Å². The number of carbonyl (C=O) groups is 1. The van der Waals surface area contributed by atoms with Gasteiger partial charge in [0.25, 0.3) is 0 Å². The van der Waals surface area contributed by atoms with Crippen molar-refractivity contribution in [2.24, 2.45) is 11.8 Å². The van der Waals surface area contributed by atoms with Crippen LogP contribution in [0, 0.1) is 11.8 Å². The minimum Gasteiger partial charge on any atom is -0.352 e. The van der Waals surface area contributed by atoms with Gasteiger partial charge in [0.1, 0.15) is 5.82 Å². The van der Waals surface area contributed by atoms with Crippen molar-refractivity contribution in [3.63, 3.8) is 0 Å². The number of thiophene rings is 1. The molecule has 152 valence electrons. The molecule has 2 aromatic heterocycles. The SMILES string of the molecule is C[C@H]1[C@@H](NC(=O)[C@@H](C)Sc2nnc(Cc3cccs3)n2C2CC2)CCC[C@@H]1C. The van der Waals surface area contributed by atoms with E-state index in [1.54, 1.807) is 23.1 Å². The second kappa shape index (κ2) is 8.57. The highest BCUT2D eigenvalue weighted by Crippen LogP contribution is 2.40. The fourth-order valence-electron chi connectivity index (χ4n) is 4.07. The predicted octanol–water partition coefficient (Wildman–Crippen LogP) is 4.69. The Bertz CT molecular complexity index is 799. The van der Waals surface area contributed by atoms with Crippen LogP contribution in [0.3, 0.4) is 0 Å². The molecule has 0 spiro atoms. The van der Waals surface area contributed by atoms with Crippen LogP contribution in [0.15, 0.2) is 22.7 Å². The number of hydrogen-bond donors (Lipinski definition) is 1. The van der Waals surface area contributed by atoms with E-state index in [0.29, 0.717) is 23.9 Å². The first-order valence-corrected chi connectivity index (χ1v) is 12.2. The van der Waals surface area contributed by atoms with E-state index in [1.807, 2.05) is 6.92 Å². The molecule has 0 unspecified atom stereocenters. The van der Waals surface area contributed by atoms with Crippen LogP contribution in [-0.4, -0.2) is 32.0 Å². The average molecular weight is 419 g/mol. The van der Waals surface area contributed by atoms with Crippen molar-refractivity contribution in [2.45, 2.75) is 81.8 Å². The second-order valence-electron chi connectivity index (χ2n) is 8.40. The Balaban J connectivity index is 1.42. The molecule has 2 saturated carbocycles. The molecule has 1 amide bonds. The Morgan fingerprint density at radius 2 is 2.14 bits per heavy atom. The van der Waals surface area contributed by atoms with Gasteiger partial charge in [-0.2, -0.15) is 0 Å². The molecule has 0 aliphatic heterocycles. The summed E-state index contributed by atoms with van der Waals surface area (Å²) in [4.78, 5) is 14.1. The maximum atomic E-state index is 12.8. The zero-order valence-corrected chi connectivity index (χ0v) is 18.6. The van der Waals surface area contributed by atoms with Gasteiger partial charge < -0.3 is 9.88 Å². The van der Waals surface area contributed by atoms with Gasteiger partial charge in [-0.05, 0) is 49.5 Å². The van der Waals surface area contributed by atoms with E-state index in [9.17, 15) is 4.79 Å². The molecule has 4 rings (SSSR count). The van der Waals surface area contributed by atoms with Gasteiger partial charge in [0.05, 0.1) is 5.25 Å². The van der Waals surface area contributed by atoms with Gasteiger partial charge in [-0.3, -0.25) is 4.79 Å². The molecule has 0 aromatic carbocycles. The molecule has 0 radical (unpaired) electrons. The lowest BCUT2D eigenvalue weighted by Crippen LogP contribution is -2.46. The van der Waals surface area contributed by atoms with Crippen LogP contribution in [0.25, 0.3) is 0 Å². The van der Waals surface area contributed by atoms with Gasteiger partial charge in [-0.1, -0.05) is 44.5 Å². The number of rotatable bonds is 7. The summed E-state index contributed by atoms with van der Waals surface area (Å²) in [7, 11) is 0. The van der Waals surface area contributed by atoms with E-state index in [4.69, 9.17) is 0 Å². The topological polar surface area (TPSA) is 59.8 Å². The van der Waals surface area contributed by atoms with Crippen LogP contribution in [0.2, 0.25) is 0 Å². The molecule has 5 nitrogen and oxygen atoms in total. The Kier molecular flexibility index (Phi) is 6.11. The smallest absolute Gasteiger partial charge is 0.233 e. The van der Waals surface area contributed by atoms with Crippen LogP contribution >= 0.6 is 23.1 Å². The predicted molar refractivity (Wildman–Crippen MR) is 115 cm³/mol. The highest BCUT2D eigenvalue weighted by atomic mass is 32.2. The monoisotopic (exact) mass is 418 g/mol. The summed E-state index contributed by atoms with van der Waals surface area (Å²) in [6, 6.07) is 5.02. The summed E-state index contributed by atoms with van der Waals surface area (Å²) < 4.78 is 2.28. The van der Waals surface area contributed by atoms with Gasteiger partial charge in [-0.25, -0.2) is 0 Å². The third-order valence-corrected chi connectivity index (χ3v) is 8.18. The standard InChI is InChI=1S/C21H30N4OS2/c1-13-6-4-8-18(14(13)2)22-20(26)15(3)28-21-24-23-19(25(21)16-9-10-16)12-17-7-5-11-27-17/h5,7,11,13-16,18H,4,6,8-10,12H2,1-3H3,(H,22,26)/t13-,14+,15+,18-/m0/s1. The molecule has 4 atom stereocenters. The van der Waals surface area contributed by atoms with Crippen molar-refractivity contribution in [3.05, 3.63) is 28.2 Å². The molecular weight excluding hydrogens is 388 g/mol. The summed E-state index contributed by atoms with van der Waals surface area (Å²) in [5.74, 6) is 2.37. The van der Waals surface area contributed by atoms with Gasteiger partial charge in [-0.15, -0.1) is 21.5 Å². The maximum absolute atomic E-state index is 12.8. The molecule has 2 fully saturated rings. The molecule has 0 bridgehead atoms. The van der Waals surface area contributed by atoms with Crippen LogP contribution in [0.1, 0.15) is 69.6 Å². The zero-order valence-electron chi connectivity index (χ0n) is 16.9. The van der Waals surface area contributed by atoms with Gasteiger partial charge >= 0.3 is 0 Å². The average Bonchev–Trinajstić information content (AvgIpc) is 3.23. The van der Waals surface area contributed by atoms with E-state index >= 15 is 0 Å². The first kappa shape index (κ1) is 20.0. The normalized spacial score (nSPS) is 26.2. The molecule has 28 heavy (non-hydrogen) atoms. The summed E-state index contributed by atoms with van der Waals surface area (Å²) in [6.45, 7) is 6.56. The third-order valence-electron chi connectivity index (χ3n) is 6.25. The first-order chi connectivity index (χ1) is 13.5. The van der Waals surface area contributed by atoms with Crippen molar-refractivity contribution < 1.29 is 4.79 Å². The first-order valence-electron chi connectivity index (χ1n) is 10.5. The van der Waals surface area contributed by atoms with Crippen LogP contribution in [0.4, 0.5) is 0 Å². The maximum Gasteiger partial charge on any atom is 0.233 e. The van der Waals surface area contributed by atoms with Crippen molar-refractivity contribution in [1.82, 2.24) is 20.1 Å². The highest BCUT2D eigenvalue weighted by molar-refractivity contribution is 8.00. The minimum absolute atomic E-state index is 0.126. The molecule has 2 aromatic rings. The van der Waals surface area contributed by atoms with Crippen LogP contribution in [0.5, 0.6) is 0 Å². The Hall–Kier alpha value is -1.34. The summed E-state index contributed by atoms with van der Waals surface area (Å²) in [6.07, 6.45) is 6.76. The molecule has 0 saturated heterocycles. The van der Waals surface area contributed by atoms with E-state index in [0.717, 1.165) is 23.8 Å². The number of aromatic nitrogens is 3. The number of nitrogens with one attached hydrogen (secondary N) is 1. The van der Waals surface area contributed by atoms with Crippen molar-refractivity contribution in [3.8, 4) is 0 Å². The van der Waals surface area contributed by atoms with Crippen LogP contribution in [-0.2, 0) is 11.2 Å². The Morgan fingerprint density at radius 3 is 2.86 bits per heavy atom. The summed E-state index contributed by atoms with van der Waals surface area (Å²) in [5, 5.41) is 15.1. The summed E-state index contributed by atoms with van der Waals surface area (Å²) in [5.41, 5.74) is 0. The lowest BCUT2D eigenvalue weighted by Gasteiger charge is -2.35. The molecule has 2 aliphatic carbocycles. The van der Waals surface area contributed by atoms with Crippen molar-refractivity contribution in [1.29, 1.82) is 0 Å². The van der Waals surface area contributed by atoms with Gasteiger partial charge in [0, 0.05) is 23.4 Å². The lowest BCUT2D eigenvalue weighted by atomic mass is 9.78. The second-order valence-corrected chi connectivity index (χ2v) is 10.7. The highest BCUT2D eigenvalue weighted by Gasteiger charge is 2.33. The molecule has 2 aliphatic rings. The van der Waals surface area contributed by atoms with Crippen molar-refractivity contribution in [2.75, 3.05) is 0 Å². The zero-order chi connectivity index (χ0) is 19.7. The van der Waals surface area contributed by atoms with E-state index in [-0.39, 0.29) is 11.2 Å². The fourth-order valence-corrected chi connectivity index (χ4v) is 5.72. The molecular formula is C21H30N4OS2. The largest absolute Gasteiger partial charge is 0.352 e. The quantitative estimate of drug-likeness (QED) is 0.663. The molecule has 1 N–H and O–H groups in total. The van der Waals surface area contributed by atoms with Gasteiger partial charge in [0.15, 0.2) is 5.16 Å². The third kappa shape index (κ3) is 4.46. The number of nitrogens with zero attached hydrogens (tertiary/aromatic N) is 3. The molecule has 7 heteroatoms. The molecule has 2 heterocycles. The number of carbonyl (C=O) groups excluding carboxylic acids is 1. The lowest BCUT2D eigenvalue weighted by molar-refractivity contribution is -0.121. The summed E-state index contributed by atoms with van der Waals surface area (Å²) >= 11 is 3.31. The number of amides is 1. The van der Waals surface area contributed by atoms with Crippen LogP contribution < -0.4 is 5.32 Å². The fraction of sp³-hybridized carbons (Fsp3) is 0.667.